The number of benzene rings is 1. The van der Waals surface area contributed by atoms with E-state index < -0.39 is 5.54 Å². The Morgan fingerprint density at radius 1 is 1.47 bits per heavy atom. The minimum Gasteiger partial charge on any atom is -0.497 e. The molecule has 1 saturated heterocycles. The van der Waals surface area contributed by atoms with Gasteiger partial charge in [0.15, 0.2) is 5.54 Å². The summed E-state index contributed by atoms with van der Waals surface area (Å²) in [5.41, 5.74) is 0.291. The molecule has 17 heavy (non-hydrogen) atoms. The number of ether oxygens (including phenoxy) is 2. The molecule has 2 rings (SSSR count). The quantitative estimate of drug-likeness (QED) is 0.867. The van der Waals surface area contributed by atoms with Crippen LogP contribution in [0, 0.1) is 11.3 Å². The Morgan fingerprint density at radius 3 is 2.65 bits per heavy atom. The highest BCUT2D eigenvalue weighted by Crippen LogP contribution is 2.30. The molecule has 0 saturated carbocycles. The van der Waals surface area contributed by atoms with E-state index in [-0.39, 0.29) is 6.10 Å². The molecular formula is C13H16N2O2. The molecule has 2 unspecified atom stereocenters. The number of methoxy groups -OCH3 is 1. The van der Waals surface area contributed by atoms with Crippen molar-refractivity contribution in [3.8, 4) is 11.8 Å². The SMILES string of the molecule is COc1ccc(NC2(C#N)CCOC2C)cc1. The van der Waals surface area contributed by atoms with Gasteiger partial charge in [0, 0.05) is 12.1 Å². The van der Waals surface area contributed by atoms with Crippen LogP contribution < -0.4 is 10.1 Å². The zero-order valence-electron chi connectivity index (χ0n) is 10.1. The van der Waals surface area contributed by atoms with E-state index in [2.05, 4.69) is 11.4 Å². The van der Waals surface area contributed by atoms with Crippen LogP contribution in [0.4, 0.5) is 5.69 Å². The molecular weight excluding hydrogens is 216 g/mol. The lowest BCUT2D eigenvalue weighted by Crippen LogP contribution is -2.42. The van der Waals surface area contributed by atoms with Crippen molar-refractivity contribution < 1.29 is 9.47 Å². The van der Waals surface area contributed by atoms with Crippen LogP contribution in [0.3, 0.4) is 0 Å². The summed E-state index contributed by atoms with van der Waals surface area (Å²) in [6.07, 6.45) is 0.603. The molecule has 1 aromatic rings. The Hall–Kier alpha value is -1.73. The van der Waals surface area contributed by atoms with Crippen molar-refractivity contribution >= 4 is 5.69 Å². The monoisotopic (exact) mass is 232 g/mol. The second-order valence-corrected chi connectivity index (χ2v) is 4.20. The van der Waals surface area contributed by atoms with E-state index in [4.69, 9.17) is 9.47 Å². The van der Waals surface area contributed by atoms with Crippen LogP contribution >= 0.6 is 0 Å². The Morgan fingerprint density at radius 2 is 2.18 bits per heavy atom. The molecule has 90 valence electrons. The highest BCUT2D eigenvalue weighted by molar-refractivity contribution is 5.51. The van der Waals surface area contributed by atoms with Crippen LogP contribution in [0.25, 0.3) is 0 Å². The first kappa shape index (κ1) is 11.7. The summed E-state index contributed by atoms with van der Waals surface area (Å²) in [6, 6.07) is 9.89. The fourth-order valence-corrected chi connectivity index (χ4v) is 2.01. The summed E-state index contributed by atoms with van der Waals surface area (Å²) >= 11 is 0. The average Bonchev–Trinajstić information content (AvgIpc) is 2.72. The van der Waals surface area contributed by atoms with Gasteiger partial charge in [-0.1, -0.05) is 0 Å². The zero-order valence-corrected chi connectivity index (χ0v) is 10.1. The molecule has 1 aliphatic heterocycles. The van der Waals surface area contributed by atoms with Crippen LogP contribution in [-0.4, -0.2) is 25.4 Å². The molecule has 1 N–H and O–H groups in total. The minimum atomic E-state index is -0.616. The van der Waals surface area contributed by atoms with Gasteiger partial charge in [-0.3, -0.25) is 0 Å². The lowest BCUT2D eigenvalue weighted by Gasteiger charge is -2.26. The van der Waals surface area contributed by atoms with E-state index in [1.54, 1.807) is 7.11 Å². The van der Waals surface area contributed by atoms with E-state index in [0.29, 0.717) is 13.0 Å². The highest BCUT2D eigenvalue weighted by Gasteiger charge is 2.41. The number of anilines is 1. The maximum Gasteiger partial charge on any atom is 0.153 e. The number of nitrogens with zero attached hydrogens (tertiary/aromatic N) is 1. The lowest BCUT2D eigenvalue weighted by atomic mass is 9.93. The summed E-state index contributed by atoms with van der Waals surface area (Å²) in [4.78, 5) is 0. The maximum absolute atomic E-state index is 9.33. The van der Waals surface area contributed by atoms with E-state index in [9.17, 15) is 5.26 Å². The topological polar surface area (TPSA) is 54.3 Å². The summed E-state index contributed by atoms with van der Waals surface area (Å²) in [7, 11) is 1.63. The van der Waals surface area contributed by atoms with Gasteiger partial charge < -0.3 is 14.8 Å². The molecule has 0 radical (unpaired) electrons. The lowest BCUT2D eigenvalue weighted by molar-refractivity contribution is 0.112. The molecule has 0 bridgehead atoms. The first-order valence-corrected chi connectivity index (χ1v) is 5.65. The van der Waals surface area contributed by atoms with Crippen molar-refractivity contribution in [1.82, 2.24) is 0 Å². The molecule has 1 aromatic carbocycles. The second-order valence-electron chi connectivity index (χ2n) is 4.20. The van der Waals surface area contributed by atoms with Crippen molar-refractivity contribution in [2.45, 2.75) is 25.0 Å². The number of hydrogen-bond acceptors (Lipinski definition) is 4. The molecule has 0 spiro atoms. The first-order chi connectivity index (χ1) is 8.20. The third kappa shape index (κ3) is 2.20. The Bertz CT molecular complexity index is 424. The summed E-state index contributed by atoms with van der Waals surface area (Å²) < 4.78 is 10.6. The van der Waals surface area contributed by atoms with E-state index >= 15 is 0 Å². The third-order valence-corrected chi connectivity index (χ3v) is 3.22. The van der Waals surface area contributed by atoms with Gasteiger partial charge >= 0.3 is 0 Å². The third-order valence-electron chi connectivity index (χ3n) is 3.22. The van der Waals surface area contributed by atoms with Crippen molar-refractivity contribution in [3.63, 3.8) is 0 Å². The molecule has 1 fully saturated rings. The second kappa shape index (κ2) is 4.64. The van der Waals surface area contributed by atoms with Gasteiger partial charge in [0.05, 0.1) is 25.9 Å². The predicted molar refractivity (Wildman–Crippen MR) is 65.0 cm³/mol. The van der Waals surface area contributed by atoms with Crippen LogP contribution in [-0.2, 0) is 4.74 Å². The van der Waals surface area contributed by atoms with Gasteiger partial charge in [-0.25, -0.2) is 0 Å². The smallest absolute Gasteiger partial charge is 0.153 e. The molecule has 2 atom stereocenters. The van der Waals surface area contributed by atoms with Crippen LogP contribution in [0.5, 0.6) is 5.75 Å². The summed E-state index contributed by atoms with van der Waals surface area (Å²) in [5, 5.41) is 12.6. The zero-order chi connectivity index (χ0) is 12.3. The average molecular weight is 232 g/mol. The summed E-state index contributed by atoms with van der Waals surface area (Å²) in [6.45, 7) is 2.55. The van der Waals surface area contributed by atoms with Crippen molar-refractivity contribution in [1.29, 1.82) is 5.26 Å². The van der Waals surface area contributed by atoms with Gasteiger partial charge in [-0.15, -0.1) is 0 Å². The van der Waals surface area contributed by atoms with Crippen LogP contribution in [0.15, 0.2) is 24.3 Å². The Balaban J connectivity index is 2.16. The maximum atomic E-state index is 9.33. The molecule has 0 aliphatic carbocycles. The predicted octanol–water partition coefficient (Wildman–Crippen LogP) is 2.18. The number of nitriles is 1. The van der Waals surface area contributed by atoms with Gasteiger partial charge in [0.25, 0.3) is 0 Å². The standard InChI is InChI=1S/C13H16N2O2/c1-10-13(9-14,7-8-17-10)15-11-3-5-12(16-2)6-4-11/h3-6,10,15H,7-8H2,1-2H3. The van der Waals surface area contributed by atoms with E-state index in [0.717, 1.165) is 11.4 Å². The minimum absolute atomic E-state index is 0.102. The van der Waals surface area contributed by atoms with Gasteiger partial charge in [0.2, 0.25) is 0 Å². The van der Waals surface area contributed by atoms with Crippen molar-refractivity contribution in [3.05, 3.63) is 24.3 Å². The summed E-state index contributed by atoms with van der Waals surface area (Å²) in [5.74, 6) is 0.803. The largest absolute Gasteiger partial charge is 0.497 e. The van der Waals surface area contributed by atoms with Crippen LogP contribution in [0.2, 0.25) is 0 Å². The molecule has 0 aromatic heterocycles. The Kier molecular flexibility index (Phi) is 3.21. The molecule has 0 amide bonds. The molecule has 1 aliphatic rings. The number of nitrogens with one attached hydrogen (secondary N) is 1. The number of rotatable bonds is 3. The molecule has 4 nitrogen and oxygen atoms in total. The fraction of sp³-hybridized carbons (Fsp3) is 0.462. The Labute approximate surface area is 101 Å². The van der Waals surface area contributed by atoms with Crippen molar-refractivity contribution in [2.24, 2.45) is 0 Å². The van der Waals surface area contributed by atoms with Gasteiger partial charge in [-0.05, 0) is 31.2 Å². The van der Waals surface area contributed by atoms with E-state index in [1.807, 2.05) is 31.2 Å². The van der Waals surface area contributed by atoms with Crippen LogP contribution in [0.1, 0.15) is 13.3 Å². The molecule has 4 heteroatoms. The highest BCUT2D eigenvalue weighted by atomic mass is 16.5. The fourth-order valence-electron chi connectivity index (χ4n) is 2.01. The first-order valence-electron chi connectivity index (χ1n) is 5.65. The van der Waals surface area contributed by atoms with Gasteiger partial charge in [0.1, 0.15) is 5.75 Å². The van der Waals surface area contributed by atoms with E-state index in [1.165, 1.54) is 0 Å². The van der Waals surface area contributed by atoms with Gasteiger partial charge in [-0.2, -0.15) is 5.26 Å². The molecule has 1 heterocycles. The normalized spacial score (nSPS) is 27.5. The van der Waals surface area contributed by atoms with Crippen molar-refractivity contribution in [2.75, 3.05) is 19.0 Å². The number of hydrogen-bond donors (Lipinski definition) is 1.